The van der Waals surface area contributed by atoms with Crippen molar-refractivity contribution in [3.05, 3.63) is 60.8 Å². The average molecular weight is 1400 g/mol. The molecule has 19 heteroatoms. The number of allylic oxidation sites excluding steroid dienone is 10. The average Bonchev–Trinajstić information content (AvgIpc) is 1.17. The second kappa shape index (κ2) is 70.2. The fourth-order valence-corrected chi connectivity index (χ4v) is 12.1. The summed E-state index contributed by atoms with van der Waals surface area (Å²) in [5, 5.41) is 10.6. The van der Waals surface area contributed by atoms with E-state index in [2.05, 4.69) is 88.5 Å². The first-order valence-electron chi connectivity index (χ1n) is 38.5. The molecule has 5 atom stereocenters. The molecule has 0 aliphatic heterocycles. The molecule has 0 radical (unpaired) electrons. The molecule has 0 saturated carbocycles. The molecule has 0 amide bonds. The van der Waals surface area contributed by atoms with E-state index in [1.54, 1.807) is 0 Å². The minimum Gasteiger partial charge on any atom is -0.462 e. The first-order chi connectivity index (χ1) is 46.7. The van der Waals surface area contributed by atoms with E-state index in [0.717, 1.165) is 167 Å². The number of hydrogen-bond donors (Lipinski definition) is 3. The number of rotatable bonds is 73. The van der Waals surface area contributed by atoms with E-state index in [0.29, 0.717) is 25.7 Å². The number of phosphoric acid groups is 2. The van der Waals surface area contributed by atoms with E-state index in [9.17, 15) is 43.2 Å². The summed E-state index contributed by atoms with van der Waals surface area (Å²) in [6, 6.07) is 0. The van der Waals surface area contributed by atoms with Crippen molar-refractivity contribution in [3.63, 3.8) is 0 Å². The van der Waals surface area contributed by atoms with Crippen molar-refractivity contribution in [1.29, 1.82) is 0 Å². The summed E-state index contributed by atoms with van der Waals surface area (Å²) in [5.41, 5.74) is 0. The highest BCUT2D eigenvalue weighted by molar-refractivity contribution is 7.47. The van der Waals surface area contributed by atoms with Crippen molar-refractivity contribution < 1.29 is 80.2 Å². The van der Waals surface area contributed by atoms with E-state index >= 15 is 0 Å². The van der Waals surface area contributed by atoms with Crippen molar-refractivity contribution in [2.75, 3.05) is 39.6 Å². The third-order valence-electron chi connectivity index (χ3n) is 16.4. The molecule has 0 spiro atoms. The standard InChI is InChI=1S/C77H140O17P2/c1-5-9-13-17-21-25-29-33-35-39-42-46-50-54-58-62-75(80)88-68-73(94-77(82)64-60-56-52-48-44-40-36-34-30-26-22-18-14-10-6-2)70-92-96(85,86)90-66-71(78)65-89-95(83,84)91-69-72(93-76(81)63-59-55-51-47-43-38-32-28-24-20-16-12-8-4)67-87-74(79)61-57-53-49-45-41-37-31-27-23-19-15-11-7-3/h15-16,19-20,27-28,31-33,35,71-73,78H,5-14,17-18,21-26,29-30,34,36-70H2,1-4H3,(H,83,84)(H,85,86)/b19-15-,20-16-,31-27-,32-28-,35-33-. The molecule has 3 N–H and O–H groups in total. The van der Waals surface area contributed by atoms with Crippen LogP contribution in [0.3, 0.4) is 0 Å². The van der Waals surface area contributed by atoms with E-state index in [4.69, 9.17) is 37.0 Å². The zero-order valence-corrected chi connectivity index (χ0v) is 62.8. The van der Waals surface area contributed by atoms with Crippen LogP contribution in [0.15, 0.2) is 60.8 Å². The van der Waals surface area contributed by atoms with Crippen molar-refractivity contribution in [1.82, 2.24) is 0 Å². The van der Waals surface area contributed by atoms with E-state index in [1.807, 2.05) is 0 Å². The SMILES string of the molecule is CCC/C=C\C/C=C\CCCCCCCC(=O)OCC(COP(=O)(O)OCC(O)COP(=O)(O)OCC(COC(=O)CCCCCCC/C=C\CCCCCCCC)OC(=O)CCCCCCCCCCCCCCCCC)OC(=O)CCCCCCC/C=C\C/C=C\CCC. The van der Waals surface area contributed by atoms with Crippen molar-refractivity contribution in [3.8, 4) is 0 Å². The van der Waals surface area contributed by atoms with Crippen LogP contribution in [0.4, 0.5) is 0 Å². The molecule has 0 aromatic carbocycles. The molecule has 0 aromatic rings. The molecule has 560 valence electrons. The van der Waals surface area contributed by atoms with E-state index in [1.165, 1.54) is 103 Å². The number of carbonyl (C=O) groups is 4. The number of carbonyl (C=O) groups excluding carboxylic acids is 4. The van der Waals surface area contributed by atoms with Gasteiger partial charge in [-0.15, -0.1) is 0 Å². The number of esters is 4. The highest BCUT2D eigenvalue weighted by Gasteiger charge is 2.30. The summed E-state index contributed by atoms with van der Waals surface area (Å²) in [6.07, 6.45) is 67.8. The molecule has 5 unspecified atom stereocenters. The normalized spacial score (nSPS) is 14.3. The Balaban J connectivity index is 5.33. The van der Waals surface area contributed by atoms with Crippen molar-refractivity contribution >= 4 is 39.5 Å². The van der Waals surface area contributed by atoms with Gasteiger partial charge in [-0.2, -0.15) is 0 Å². The predicted molar refractivity (Wildman–Crippen MR) is 390 cm³/mol. The third-order valence-corrected chi connectivity index (χ3v) is 18.3. The Morgan fingerprint density at radius 3 is 0.823 bits per heavy atom. The van der Waals surface area contributed by atoms with Crippen LogP contribution in [0.2, 0.25) is 0 Å². The molecule has 0 saturated heterocycles. The Bertz CT molecular complexity index is 2060. The molecule has 0 rings (SSSR count). The first-order valence-corrected chi connectivity index (χ1v) is 41.5. The van der Waals surface area contributed by atoms with Gasteiger partial charge in [0.05, 0.1) is 26.4 Å². The monoisotopic (exact) mass is 1400 g/mol. The molecular formula is C77H140O17P2. The van der Waals surface area contributed by atoms with E-state index < -0.39 is 97.5 Å². The highest BCUT2D eigenvalue weighted by atomic mass is 31.2. The van der Waals surface area contributed by atoms with Crippen LogP contribution in [-0.2, 0) is 65.4 Å². The van der Waals surface area contributed by atoms with Crippen LogP contribution in [0.1, 0.15) is 349 Å². The lowest BCUT2D eigenvalue weighted by atomic mass is 10.0. The number of aliphatic hydroxyl groups excluding tert-OH is 1. The maximum absolute atomic E-state index is 13.1. The predicted octanol–water partition coefficient (Wildman–Crippen LogP) is 21.9. The number of ether oxygens (including phenoxy) is 4. The van der Waals surface area contributed by atoms with E-state index in [-0.39, 0.29) is 25.7 Å². The topological polar surface area (TPSA) is 237 Å². The van der Waals surface area contributed by atoms with Gasteiger partial charge in [-0.1, -0.05) is 281 Å². The van der Waals surface area contributed by atoms with Gasteiger partial charge >= 0.3 is 39.5 Å². The quantitative estimate of drug-likeness (QED) is 0.0169. The van der Waals surface area contributed by atoms with Gasteiger partial charge in [-0.3, -0.25) is 37.3 Å². The molecule has 0 aromatic heterocycles. The van der Waals surface area contributed by atoms with Gasteiger partial charge in [0.2, 0.25) is 0 Å². The lowest BCUT2D eigenvalue weighted by Crippen LogP contribution is -2.30. The van der Waals surface area contributed by atoms with Crippen LogP contribution < -0.4 is 0 Å². The number of hydrogen-bond acceptors (Lipinski definition) is 15. The lowest BCUT2D eigenvalue weighted by Gasteiger charge is -2.21. The Kier molecular flexibility index (Phi) is 67.8. The largest absolute Gasteiger partial charge is 0.472 e. The maximum atomic E-state index is 13.1. The number of phosphoric ester groups is 2. The molecule has 0 bridgehead atoms. The third kappa shape index (κ3) is 69.2. The summed E-state index contributed by atoms with van der Waals surface area (Å²) in [4.78, 5) is 72.8. The minimum absolute atomic E-state index is 0.0786. The van der Waals surface area contributed by atoms with Crippen LogP contribution in [0, 0.1) is 0 Å². The van der Waals surface area contributed by atoms with Crippen LogP contribution in [-0.4, -0.2) is 96.7 Å². The number of aliphatic hydroxyl groups is 1. The number of unbranched alkanes of at least 4 members (excludes halogenated alkanes) is 37. The Labute approximate surface area is 584 Å². The van der Waals surface area contributed by atoms with Gasteiger partial charge < -0.3 is 33.8 Å². The summed E-state index contributed by atoms with van der Waals surface area (Å²) < 4.78 is 68.5. The van der Waals surface area contributed by atoms with Gasteiger partial charge in [-0.25, -0.2) is 9.13 Å². The van der Waals surface area contributed by atoms with Gasteiger partial charge in [-0.05, 0) is 103 Å². The van der Waals surface area contributed by atoms with Crippen LogP contribution in [0.5, 0.6) is 0 Å². The van der Waals surface area contributed by atoms with Crippen LogP contribution in [0.25, 0.3) is 0 Å². The summed E-state index contributed by atoms with van der Waals surface area (Å²) in [7, 11) is -9.94. The molecule has 0 heterocycles. The zero-order valence-electron chi connectivity index (χ0n) is 61.1. The molecule has 17 nitrogen and oxygen atoms in total. The summed E-state index contributed by atoms with van der Waals surface area (Å²) in [5.74, 6) is -2.19. The molecule has 0 aliphatic carbocycles. The Hall–Kier alpha value is -3.24. The fraction of sp³-hybridized carbons (Fsp3) is 0.818. The first kappa shape index (κ1) is 92.8. The second-order valence-electron chi connectivity index (χ2n) is 25.9. The highest BCUT2D eigenvalue weighted by Crippen LogP contribution is 2.45. The summed E-state index contributed by atoms with van der Waals surface area (Å²) >= 11 is 0. The van der Waals surface area contributed by atoms with Crippen molar-refractivity contribution in [2.45, 2.75) is 367 Å². The Morgan fingerprint density at radius 1 is 0.292 bits per heavy atom. The Morgan fingerprint density at radius 2 is 0.531 bits per heavy atom. The smallest absolute Gasteiger partial charge is 0.462 e. The molecular weight excluding hydrogens is 1260 g/mol. The second-order valence-corrected chi connectivity index (χ2v) is 28.9. The zero-order chi connectivity index (χ0) is 70.4. The van der Waals surface area contributed by atoms with Gasteiger partial charge in [0, 0.05) is 25.7 Å². The molecule has 96 heavy (non-hydrogen) atoms. The fourth-order valence-electron chi connectivity index (χ4n) is 10.5. The lowest BCUT2D eigenvalue weighted by molar-refractivity contribution is -0.161. The molecule has 0 aliphatic rings. The van der Waals surface area contributed by atoms with Crippen molar-refractivity contribution in [2.24, 2.45) is 0 Å². The van der Waals surface area contributed by atoms with Gasteiger partial charge in [0.1, 0.15) is 19.3 Å². The van der Waals surface area contributed by atoms with Crippen LogP contribution >= 0.6 is 15.6 Å². The minimum atomic E-state index is -4.97. The van der Waals surface area contributed by atoms with Gasteiger partial charge in [0.25, 0.3) is 0 Å². The summed E-state index contributed by atoms with van der Waals surface area (Å²) in [6.45, 7) is 4.75. The maximum Gasteiger partial charge on any atom is 0.472 e. The van der Waals surface area contributed by atoms with Gasteiger partial charge in [0.15, 0.2) is 12.2 Å². The molecule has 0 fully saturated rings.